The summed E-state index contributed by atoms with van der Waals surface area (Å²) in [5.41, 5.74) is 3.00. The molecule has 1 aliphatic carbocycles. The zero-order valence-electron chi connectivity index (χ0n) is 10.6. The van der Waals surface area contributed by atoms with Gasteiger partial charge in [-0.1, -0.05) is 17.7 Å². The quantitative estimate of drug-likeness (QED) is 0.832. The molecule has 0 saturated heterocycles. The van der Waals surface area contributed by atoms with Gasteiger partial charge in [0.1, 0.15) is 5.75 Å². The van der Waals surface area contributed by atoms with E-state index in [1.807, 2.05) is 6.07 Å². The van der Waals surface area contributed by atoms with E-state index in [4.69, 9.17) is 16.3 Å². The van der Waals surface area contributed by atoms with Gasteiger partial charge in [-0.25, -0.2) is 0 Å². The van der Waals surface area contributed by atoms with E-state index in [1.54, 1.807) is 0 Å². The molecule has 2 nitrogen and oxygen atoms in total. The minimum Gasteiger partial charge on any atom is -0.491 e. The second kappa shape index (κ2) is 5.27. The fraction of sp³-hybridized carbons (Fsp3) is 0.571. The molecule has 3 rings (SSSR count). The van der Waals surface area contributed by atoms with E-state index in [-0.39, 0.29) is 0 Å². The summed E-state index contributed by atoms with van der Waals surface area (Å²) in [4.78, 5) is 0. The Balaban J connectivity index is 1.90. The van der Waals surface area contributed by atoms with Crippen molar-refractivity contribution >= 4 is 25.9 Å². The van der Waals surface area contributed by atoms with Gasteiger partial charge in [-0.3, -0.25) is 0 Å². The average molecular weight is 284 g/mol. The van der Waals surface area contributed by atoms with Crippen molar-refractivity contribution in [3.8, 4) is 5.75 Å². The minimum atomic E-state index is 0.646. The van der Waals surface area contributed by atoms with Crippen LogP contribution in [-0.4, -0.2) is 19.8 Å². The average Bonchev–Trinajstić information content (AvgIpc) is 3.20. The Morgan fingerprint density at radius 1 is 1.39 bits per heavy atom. The Bertz CT molecular complexity index is 448. The lowest BCUT2D eigenvalue weighted by atomic mass is 10.0. The number of benzene rings is 1. The first-order chi connectivity index (χ1) is 8.79. The van der Waals surface area contributed by atoms with Gasteiger partial charge in [-0.05, 0) is 37.9 Å². The van der Waals surface area contributed by atoms with Crippen molar-refractivity contribution in [2.24, 2.45) is 5.92 Å². The summed E-state index contributed by atoms with van der Waals surface area (Å²) >= 11 is 6.32. The lowest BCUT2D eigenvalue weighted by Gasteiger charge is -2.27. The summed E-state index contributed by atoms with van der Waals surface area (Å²) in [6.07, 6.45) is 3.82. The summed E-state index contributed by atoms with van der Waals surface area (Å²) in [5, 5.41) is 4.28. The van der Waals surface area contributed by atoms with E-state index in [1.165, 1.54) is 18.4 Å². The molecular formula is C14H19ClNOP. The molecule has 1 fully saturated rings. The van der Waals surface area contributed by atoms with Crippen LogP contribution in [0.1, 0.15) is 30.5 Å². The molecule has 1 aromatic rings. The smallest absolute Gasteiger partial charge is 0.147 e. The lowest BCUT2D eigenvalue weighted by molar-refractivity contribution is 0.287. The molecule has 2 aliphatic rings. The first-order valence-electron chi connectivity index (χ1n) is 6.66. The fourth-order valence-corrected chi connectivity index (χ4v) is 3.63. The molecule has 2 unspecified atom stereocenters. The number of nitrogens with one attached hydrogen (secondary N) is 1. The van der Waals surface area contributed by atoms with Crippen LogP contribution in [0.2, 0.25) is 5.02 Å². The number of hydrogen-bond donors (Lipinski definition) is 1. The largest absolute Gasteiger partial charge is 0.491 e. The van der Waals surface area contributed by atoms with Crippen LogP contribution in [0.3, 0.4) is 0 Å². The van der Waals surface area contributed by atoms with Crippen LogP contribution < -0.4 is 10.1 Å². The first kappa shape index (κ1) is 12.6. The van der Waals surface area contributed by atoms with Gasteiger partial charge in [0.05, 0.1) is 17.3 Å². The van der Waals surface area contributed by atoms with Gasteiger partial charge in [-0.15, -0.1) is 8.58 Å². The van der Waals surface area contributed by atoms with Gasteiger partial charge in [0.2, 0.25) is 0 Å². The van der Waals surface area contributed by atoms with E-state index >= 15 is 0 Å². The van der Waals surface area contributed by atoms with Crippen LogP contribution in [0, 0.1) is 5.92 Å². The summed E-state index contributed by atoms with van der Waals surface area (Å²) in [6, 6.07) is 4.15. The third-order valence-electron chi connectivity index (χ3n) is 3.78. The maximum atomic E-state index is 6.32. The lowest BCUT2D eigenvalue weighted by Crippen LogP contribution is -2.14. The molecule has 1 saturated carbocycles. The van der Waals surface area contributed by atoms with E-state index < -0.39 is 0 Å². The minimum absolute atomic E-state index is 0.646. The van der Waals surface area contributed by atoms with Crippen LogP contribution in [0.15, 0.2) is 12.1 Å². The van der Waals surface area contributed by atoms with E-state index in [0.29, 0.717) is 5.66 Å². The zero-order chi connectivity index (χ0) is 12.5. The van der Waals surface area contributed by atoms with Gasteiger partial charge in [0, 0.05) is 17.8 Å². The van der Waals surface area contributed by atoms with Gasteiger partial charge >= 0.3 is 0 Å². The predicted octanol–water partition coefficient (Wildman–Crippen LogP) is 4.29. The second-order valence-corrected chi connectivity index (χ2v) is 6.82. The molecule has 1 N–H and O–H groups in total. The molecule has 0 spiro atoms. The van der Waals surface area contributed by atoms with Crippen molar-refractivity contribution in [2.45, 2.75) is 24.9 Å². The van der Waals surface area contributed by atoms with Crippen LogP contribution in [0.5, 0.6) is 5.75 Å². The summed E-state index contributed by atoms with van der Waals surface area (Å²) in [5.74, 6) is 1.85. The molecule has 18 heavy (non-hydrogen) atoms. The highest BCUT2D eigenvalue weighted by Gasteiger charge is 2.26. The van der Waals surface area contributed by atoms with Gasteiger partial charge < -0.3 is 10.1 Å². The standard InChI is InChI=1S/C14H19ClNOP/c1-18-12-6-7-17-14-10(12)4-5-11(15)13(14)16-8-9-2-3-9/h4-5,9,12,16,18H,2-3,6-8H2,1H3. The molecule has 1 aliphatic heterocycles. The molecule has 1 heterocycles. The van der Waals surface area contributed by atoms with Gasteiger partial charge in [-0.2, -0.15) is 0 Å². The zero-order valence-corrected chi connectivity index (χ0v) is 12.4. The SMILES string of the molecule is CPC1CCOc2c1ccc(Cl)c2NCC1CC1. The summed E-state index contributed by atoms with van der Waals surface area (Å²) < 4.78 is 5.88. The molecule has 0 amide bonds. The maximum absolute atomic E-state index is 6.32. The molecule has 98 valence electrons. The van der Waals surface area contributed by atoms with Crippen LogP contribution in [0.4, 0.5) is 5.69 Å². The Labute approximate surface area is 115 Å². The highest BCUT2D eigenvalue weighted by molar-refractivity contribution is 7.37. The Morgan fingerprint density at radius 3 is 2.94 bits per heavy atom. The molecule has 2 atom stereocenters. The predicted molar refractivity (Wildman–Crippen MR) is 79.8 cm³/mol. The highest BCUT2D eigenvalue weighted by Crippen LogP contribution is 2.48. The molecule has 1 aromatic carbocycles. The third kappa shape index (κ3) is 2.46. The molecule has 0 bridgehead atoms. The van der Waals surface area contributed by atoms with Crippen molar-refractivity contribution in [2.75, 3.05) is 25.1 Å². The van der Waals surface area contributed by atoms with E-state index in [9.17, 15) is 0 Å². The van der Waals surface area contributed by atoms with Gasteiger partial charge in [0.15, 0.2) is 0 Å². The van der Waals surface area contributed by atoms with Crippen molar-refractivity contribution < 1.29 is 4.74 Å². The third-order valence-corrected chi connectivity index (χ3v) is 5.39. The number of hydrogen-bond acceptors (Lipinski definition) is 2. The number of anilines is 1. The topological polar surface area (TPSA) is 21.3 Å². The van der Waals surface area contributed by atoms with Crippen LogP contribution in [-0.2, 0) is 0 Å². The summed E-state index contributed by atoms with van der Waals surface area (Å²) in [7, 11) is 0.926. The molecule has 4 heteroatoms. The number of rotatable bonds is 4. The second-order valence-electron chi connectivity index (χ2n) is 5.14. The summed E-state index contributed by atoms with van der Waals surface area (Å²) in [6.45, 7) is 4.11. The fourth-order valence-electron chi connectivity index (χ4n) is 2.47. The van der Waals surface area contributed by atoms with Gasteiger partial charge in [0.25, 0.3) is 0 Å². The van der Waals surface area contributed by atoms with Crippen molar-refractivity contribution in [3.63, 3.8) is 0 Å². The van der Waals surface area contributed by atoms with Crippen LogP contribution >= 0.6 is 20.2 Å². The van der Waals surface area contributed by atoms with E-state index in [2.05, 4.69) is 18.0 Å². The van der Waals surface area contributed by atoms with Crippen LogP contribution in [0.25, 0.3) is 0 Å². The monoisotopic (exact) mass is 283 g/mol. The van der Waals surface area contributed by atoms with E-state index in [0.717, 1.165) is 50.5 Å². The number of fused-ring (bicyclic) bond motifs is 1. The molecular weight excluding hydrogens is 265 g/mol. The normalized spacial score (nSPS) is 22.9. The van der Waals surface area contributed by atoms with Crippen molar-refractivity contribution in [1.29, 1.82) is 0 Å². The Kier molecular flexibility index (Phi) is 3.68. The maximum Gasteiger partial charge on any atom is 0.147 e. The number of ether oxygens (including phenoxy) is 1. The van der Waals surface area contributed by atoms with Crippen molar-refractivity contribution in [1.82, 2.24) is 0 Å². The first-order valence-corrected chi connectivity index (χ1v) is 8.61. The molecule has 0 aromatic heterocycles. The number of halogens is 1. The Hall–Kier alpha value is -0.460. The molecule has 0 radical (unpaired) electrons. The Morgan fingerprint density at radius 2 is 2.22 bits per heavy atom. The highest BCUT2D eigenvalue weighted by atomic mass is 35.5. The van der Waals surface area contributed by atoms with Crippen molar-refractivity contribution in [3.05, 3.63) is 22.7 Å².